The average Bonchev–Trinajstić information content (AvgIpc) is 2.66. The lowest BCUT2D eigenvalue weighted by Crippen LogP contribution is -2.61. The van der Waals surface area contributed by atoms with Gasteiger partial charge in [-0.2, -0.15) is 0 Å². The maximum atomic E-state index is 5.88. The third kappa shape index (κ3) is 13.8. The van der Waals surface area contributed by atoms with Gasteiger partial charge in [-0.05, 0) is 120 Å². The summed E-state index contributed by atoms with van der Waals surface area (Å²) in [5.41, 5.74) is 0.926. The highest BCUT2D eigenvalue weighted by Gasteiger charge is 2.38. The van der Waals surface area contributed by atoms with Gasteiger partial charge in [-0.15, -0.1) is 0 Å². The molecule has 0 bridgehead atoms. The van der Waals surface area contributed by atoms with E-state index in [0.717, 1.165) is 26.3 Å². The molecule has 0 aliphatic carbocycles. The van der Waals surface area contributed by atoms with E-state index in [4.69, 9.17) is 4.74 Å². The Bertz CT molecular complexity index is 505. The first kappa shape index (κ1) is 31.0. The van der Waals surface area contributed by atoms with Crippen LogP contribution in [0, 0.1) is 0 Å². The molecule has 2 heterocycles. The van der Waals surface area contributed by atoms with E-state index < -0.39 is 0 Å². The molecule has 2 aliphatic heterocycles. The van der Waals surface area contributed by atoms with Crippen LogP contribution in [0.5, 0.6) is 0 Å². The molecule has 0 atom stereocenters. The van der Waals surface area contributed by atoms with Crippen molar-refractivity contribution in [2.75, 3.05) is 26.3 Å². The van der Waals surface area contributed by atoms with Crippen LogP contribution < -0.4 is 21.3 Å². The Hall–Kier alpha value is -0.200. The van der Waals surface area contributed by atoms with Crippen molar-refractivity contribution >= 4 is 0 Å². The molecule has 5 heteroatoms. The second kappa shape index (κ2) is 14.1. The van der Waals surface area contributed by atoms with Gasteiger partial charge in [0, 0.05) is 47.5 Å². The van der Waals surface area contributed by atoms with E-state index in [9.17, 15) is 0 Å². The zero-order valence-corrected chi connectivity index (χ0v) is 24.9. The largest absolute Gasteiger partial charge is 0.381 e. The molecule has 0 spiro atoms. The number of hydrogen-bond acceptors (Lipinski definition) is 5. The van der Waals surface area contributed by atoms with Crippen LogP contribution >= 0.6 is 0 Å². The molecule has 4 N–H and O–H groups in total. The van der Waals surface area contributed by atoms with Crippen molar-refractivity contribution in [3.8, 4) is 0 Å². The SMILES string of the molecule is CC1(C)CC(NCCCCCCOCCCCCCNC2CC(C)(C)NC(C)(C)C2)CC(C)(C)N1. The summed E-state index contributed by atoms with van der Waals surface area (Å²) >= 11 is 0. The van der Waals surface area contributed by atoms with Gasteiger partial charge in [0.25, 0.3) is 0 Å². The third-order valence-electron chi connectivity index (χ3n) is 7.68. The van der Waals surface area contributed by atoms with E-state index in [2.05, 4.69) is 76.7 Å². The van der Waals surface area contributed by atoms with E-state index in [1.165, 1.54) is 77.0 Å². The molecule has 2 aliphatic rings. The monoisotopic (exact) mass is 494 g/mol. The number of nitrogens with one attached hydrogen (secondary N) is 4. The fraction of sp³-hybridized carbons (Fsp3) is 1.00. The average molecular weight is 495 g/mol. The molecule has 0 radical (unpaired) electrons. The third-order valence-corrected chi connectivity index (χ3v) is 7.68. The van der Waals surface area contributed by atoms with Gasteiger partial charge < -0.3 is 26.0 Å². The van der Waals surface area contributed by atoms with Gasteiger partial charge in [0.05, 0.1) is 0 Å². The molecule has 35 heavy (non-hydrogen) atoms. The fourth-order valence-electron chi connectivity index (χ4n) is 7.01. The number of unbranched alkanes of at least 4 members (excludes halogenated alkanes) is 6. The van der Waals surface area contributed by atoms with E-state index in [0.29, 0.717) is 12.1 Å². The Morgan fingerprint density at radius 2 is 0.829 bits per heavy atom. The summed E-state index contributed by atoms with van der Waals surface area (Å²) in [6.45, 7) is 22.8. The fourth-order valence-corrected chi connectivity index (χ4v) is 7.01. The topological polar surface area (TPSA) is 57.4 Å². The van der Waals surface area contributed by atoms with E-state index >= 15 is 0 Å². The van der Waals surface area contributed by atoms with Crippen LogP contribution in [-0.2, 0) is 4.74 Å². The second-order valence-electron chi connectivity index (χ2n) is 14.3. The van der Waals surface area contributed by atoms with Gasteiger partial charge in [-0.1, -0.05) is 25.7 Å². The highest BCUT2D eigenvalue weighted by atomic mass is 16.5. The zero-order chi connectivity index (χ0) is 26.0. The summed E-state index contributed by atoms with van der Waals surface area (Å²) < 4.78 is 5.88. The lowest BCUT2D eigenvalue weighted by Gasteiger charge is -2.46. The predicted octanol–water partition coefficient (Wildman–Crippen LogP) is 5.92. The molecule has 208 valence electrons. The lowest BCUT2D eigenvalue weighted by molar-refractivity contribution is 0.125. The summed E-state index contributed by atoms with van der Waals surface area (Å²) in [5, 5.41) is 15.2. The Morgan fingerprint density at radius 3 is 1.17 bits per heavy atom. The Balaban J connectivity index is 1.34. The van der Waals surface area contributed by atoms with Crippen molar-refractivity contribution in [2.24, 2.45) is 0 Å². The maximum absolute atomic E-state index is 5.88. The minimum Gasteiger partial charge on any atom is -0.381 e. The maximum Gasteiger partial charge on any atom is 0.0466 e. The van der Waals surface area contributed by atoms with Gasteiger partial charge in [0.15, 0.2) is 0 Å². The molecular formula is C30H62N4O. The molecule has 2 rings (SSSR count). The second-order valence-corrected chi connectivity index (χ2v) is 14.3. The van der Waals surface area contributed by atoms with E-state index in [1.54, 1.807) is 0 Å². The minimum atomic E-state index is 0.232. The van der Waals surface area contributed by atoms with Crippen molar-refractivity contribution < 1.29 is 4.74 Å². The first-order valence-corrected chi connectivity index (χ1v) is 14.9. The summed E-state index contributed by atoms with van der Waals surface area (Å²) in [7, 11) is 0. The molecule has 0 aromatic rings. The zero-order valence-electron chi connectivity index (χ0n) is 24.9. The predicted molar refractivity (Wildman–Crippen MR) is 152 cm³/mol. The highest BCUT2D eigenvalue weighted by Crippen LogP contribution is 2.29. The quantitative estimate of drug-likeness (QED) is 0.201. The molecule has 0 unspecified atom stereocenters. The van der Waals surface area contributed by atoms with Crippen molar-refractivity contribution in [3.05, 3.63) is 0 Å². The van der Waals surface area contributed by atoms with Crippen LogP contribution in [0.15, 0.2) is 0 Å². The Labute approximate surface area is 219 Å². The molecule has 5 nitrogen and oxygen atoms in total. The lowest BCUT2D eigenvalue weighted by atomic mass is 9.79. The number of ether oxygens (including phenoxy) is 1. The normalized spacial score (nSPS) is 24.0. The van der Waals surface area contributed by atoms with Crippen LogP contribution in [0.3, 0.4) is 0 Å². The number of piperidine rings is 2. The van der Waals surface area contributed by atoms with Crippen LogP contribution in [0.2, 0.25) is 0 Å². The van der Waals surface area contributed by atoms with Crippen LogP contribution in [0.1, 0.15) is 132 Å². The molecule has 2 saturated heterocycles. The van der Waals surface area contributed by atoms with Crippen molar-refractivity contribution in [1.29, 1.82) is 0 Å². The molecule has 2 fully saturated rings. The molecule has 0 aromatic carbocycles. The van der Waals surface area contributed by atoms with Gasteiger partial charge in [0.1, 0.15) is 0 Å². The number of hydrogen-bond donors (Lipinski definition) is 4. The molecular weight excluding hydrogens is 432 g/mol. The summed E-state index contributed by atoms with van der Waals surface area (Å²) in [6.07, 6.45) is 15.1. The van der Waals surface area contributed by atoms with Gasteiger partial charge in [-0.25, -0.2) is 0 Å². The van der Waals surface area contributed by atoms with Gasteiger partial charge >= 0.3 is 0 Å². The van der Waals surface area contributed by atoms with Crippen molar-refractivity contribution in [1.82, 2.24) is 21.3 Å². The van der Waals surface area contributed by atoms with Gasteiger partial charge in [0.2, 0.25) is 0 Å². The highest BCUT2D eigenvalue weighted by molar-refractivity contribution is 5.00. The number of rotatable bonds is 16. The minimum absolute atomic E-state index is 0.232. The summed E-state index contributed by atoms with van der Waals surface area (Å²) in [6, 6.07) is 1.29. The van der Waals surface area contributed by atoms with E-state index in [-0.39, 0.29) is 22.2 Å². The van der Waals surface area contributed by atoms with Crippen LogP contribution in [0.25, 0.3) is 0 Å². The first-order chi connectivity index (χ1) is 16.3. The standard InChI is InChI=1S/C30H62N4O/c1-27(2)21-25(22-28(3,4)33-27)31-17-13-9-11-15-19-35-20-16-12-10-14-18-32-26-23-29(5,6)34-30(7,8)24-26/h25-26,31-34H,9-24H2,1-8H3. The first-order valence-electron chi connectivity index (χ1n) is 14.9. The summed E-state index contributed by atoms with van der Waals surface area (Å²) in [4.78, 5) is 0. The van der Waals surface area contributed by atoms with Gasteiger partial charge in [-0.3, -0.25) is 0 Å². The smallest absolute Gasteiger partial charge is 0.0466 e. The van der Waals surface area contributed by atoms with Crippen LogP contribution in [-0.4, -0.2) is 60.5 Å². The van der Waals surface area contributed by atoms with Crippen molar-refractivity contribution in [3.63, 3.8) is 0 Å². The summed E-state index contributed by atoms with van der Waals surface area (Å²) in [5.74, 6) is 0. The van der Waals surface area contributed by atoms with Crippen LogP contribution in [0.4, 0.5) is 0 Å². The Kier molecular flexibility index (Phi) is 12.5. The molecule has 0 saturated carbocycles. The molecule has 0 aromatic heterocycles. The van der Waals surface area contributed by atoms with E-state index in [1.807, 2.05) is 0 Å². The molecule has 0 amide bonds. The Morgan fingerprint density at radius 1 is 0.514 bits per heavy atom. The van der Waals surface area contributed by atoms with Crippen molar-refractivity contribution in [2.45, 2.75) is 167 Å².